The molecule has 2 rings (SSSR count). The largest absolute Gasteiger partial charge is 0.494 e. The third kappa shape index (κ3) is 2.77. The van der Waals surface area contributed by atoms with Gasteiger partial charge < -0.3 is 9.64 Å². The predicted octanol–water partition coefficient (Wildman–Crippen LogP) is 2.45. The zero-order valence-electron chi connectivity index (χ0n) is 12.1. The molecule has 2 unspecified atom stereocenters. The van der Waals surface area contributed by atoms with E-state index >= 15 is 0 Å². The third-order valence-corrected chi connectivity index (χ3v) is 3.73. The van der Waals surface area contributed by atoms with E-state index in [0.29, 0.717) is 0 Å². The fraction of sp³-hybridized carbons (Fsp3) is 0.533. The predicted molar refractivity (Wildman–Crippen MR) is 74.9 cm³/mol. The first kappa shape index (κ1) is 14.8. The zero-order chi connectivity index (χ0) is 14.7. The van der Waals surface area contributed by atoms with E-state index in [4.69, 9.17) is 4.74 Å². The van der Waals surface area contributed by atoms with Gasteiger partial charge in [-0.3, -0.25) is 10.1 Å². The normalized spacial score (nSPS) is 22.4. The summed E-state index contributed by atoms with van der Waals surface area (Å²) < 4.78 is 18.7. The average molecular weight is 280 g/mol. The minimum absolute atomic E-state index is 0.0691. The van der Waals surface area contributed by atoms with Crippen molar-refractivity contribution in [2.45, 2.75) is 38.4 Å². The van der Waals surface area contributed by atoms with Crippen LogP contribution in [-0.2, 0) is 4.79 Å². The van der Waals surface area contributed by atoms with Gasteiger partial charge in [0.1, 0.15) is 6.17 Å². The number of unbranched alkanes of at least 4 members (excludes halogenated alkanes) is 1. The minimum Gasteiger partial charge on any atom is -0.494 e. The van der Waals surface area contributed by atoms with Crippen molar-refractivity contribution in [2.24, 2.45) is 0 Å². The number of hydrogen-bond donors (Lipinski definition) is 1. The molecule has 20 heavy (non-hydrogen) atoms. The number of nitrogens with zero attached hydrogens (tertiary/aromatic N) is 1. The van der Waals surface area contributed by atoms with Crippen LogP contribution in [0.25, 0.3) is 0 Å². The molecule has 110 valence electrons. The lowest BCUT2D eigenvalue weighted by Gasteiger charge is -2.20. The van der Waals surface area contributed by atoms with Crippen molar-refractivity contribution in [3.05, 3.63) is 29.6 Å². The molecule has 1 aromatic carbocycles. The number of benzene rings is 1. The fourth-order valence-corrected chi connectivity index (χ4v) is 2.53. The van der Waals surface area contributed by atoms with Crippen molar-refractivity contribution in [1.82, 2.24) is 10.2 Å². The lowest BCUT2D eigenvalue weighted by Crippen LogP contribution is -2.28. The van der Waals surface area contributed by atoms with Crippen LogP contribution in [0.2, 0.25) is 0 Å². The van der Waals surface area contributed by atoms with E-state index in [1.165, 1.54) is 13.2 Å². The van der Waals surface area contributed by atoms with Crippen LogP contribution in [-0.4, -0.2) is 31.0 Å². The first-order valence-electron chi connectivity index (χ1n) is 6.94. The van der Waals surface area contributed by atoms with Gasteiger partial charge in [-0.15, -0.1) is 0 Å². The van der Waals surface area contributed by atoms with E-state index in [1.54, 1.807) is 24.1 Å². The number of amides is 1. The van der Waals surface area contributed by atoms with Crippen LogP contribution in [0.4, 0.5) is 4.39 Å². The van der Waals surface area contributed by atoms with Gasteiger partial charge in [-0.05, 0) is 24.1 Å². The van der Waals surface area contributed by atoms with Crippen LogP contribution in [0.15, 0.2) is 18.2 Å². The van der Waals surface area contributed by atoms with E-state index in [9.17, 15) is 9.18 Å². The van der Waals surface area contributed by atoms with E-state index in [0.717, 1.165) is 24.8 Å². The van der Waals surface area contributed by atoms with Crippen molar-refractivity contribution in [2.75, 3.05) is 14.2 Å². The van der Waals surface area contributed by atoms with E-state index < -0.39 is 5.82 Å². The van der Waals surface area contributed by atoms with Crippen molar-refractivity contribution in [3.8, 4) is 5.75 Å². The molecule has 1 saturated heterocycles. The molecule has 0 aliphatic carbocycles. The topological polar surface area (TPSA) is 41.6 Å². The van der Waals surface area contributed by atoms with Crippen LogP contribution in [0, 0.1) is 5.82 Å². The molecule has 0 radical (unpaired) electrons. The molecule has 1 heterocycles. The zero-order valence-corrected chi connectivity index (χ0v) is 12.1. The molecule has 1 aromatic rings. The summed E-state index contributed by atoms with van der Waals surface area (Å²) in [6, 6.07) is 4.62. The monoisotopic (exact) mass is 280 g/mol. The second kappa shape index (κ2) is 6.22. The first-order chi connectivity index (χ1) is 9.58. The molecule has 1 aliphatic rings. The fourth-order valence-electron chi connectivity index (χ4n) is 2.53. The quantitative estimate of drug-likeness (QED) is 0.901. The Morgan fingerprint density at radius 2 is 2.20 bits per heavy atom. The molecule has 4 nitrogen and oxygen atoms in total. The highest BCUT2D eigenvalue weighted by atomic mass is 19.1. The molecule has 1 amide bonds. The summed E-state index contributed by atoms with van der Waals surface area (Å²) >= 11 is 0. The maximum Gasteiger partial charge on any atom is 0.241 e. The highest BCUT2D eigenvalue weighted by Gasteiger charge is 2.36. The van der Waals surface area contributed by atoms with Crippen molar-refractivity contribution in [1.29, 1.82) is 0 Å². The van der Waals surface area contributed by atoms with Gasteiger partial charge >= 0.3 is 0 Å². The van der Waals surface area contributed by atoms with Gasteiger partial charge in [0, 0.05) is 7.05 Å². The Morgan fingerprint density at radius 1 is 1.45 bits per heavy atom. The highest BCUT2D eigenvalue weighted by molar-refractivity contribution is 5.84. The number of halogens is 1. The SMILES string of the molecule is CCCCC1NC(c2ccc(OC)c(F)c2)N(C)C1=O. The third-order valence-electron chi connectivity index (χ3n) is 3.73. The van der Waals surface area contributed by atoms with Gasteiger partial charge in [0.05, 0.1) is 13.2 Å². The molecular formula is C15H21FN2O2. The summed E-state index contributed by atoms with van der Waals surface area (Å²) in [6.07, 6.45) is 2.59. The number of rotatable bonds is 5. The molecule has 1 N–H and O–H groups in total. The molecule has 0 spiro atoms. The van der Waals surface area contributed by atoms with Gasteiger partial charge in [-0.2, -0.15) is 0 Å². The smallest absolute Gasteiger partial charge is 0.241 e. The van der Waals surface area contributed by atoms with Gasteiger partial charge in [0.2, 0.25) is 5.91 Å². The van der Waals surface area contributed by atoms with Crippen LogP contribution >= 0.6 is 0 Å². The Morgan fingerprint density at radius 3 is 2.80 bits per heavy atom. The Labute approximate surface area is 118 Å². The van der Waals surface area contributed by atoms with E-state index in [-0.39, 0.29) is 23.9 Å². The molecule has 1 aliphatic heterocycles. The average Bonchev–Trinajstić information content (AvgIpc) is 2.73. The molecule has 1 fully saturated rings. The number of carbonyl (C=O) groups excluding carboxylic acids is 1. The summed E-state index contributed by atoms with van der Waals surface area (Å²) in [6.45, 7) is 2.10. The van der Waals surface area contributed by atoms with Crippen LogP contribution < -0.4 is 10.1 Å². The lowest BCUT2D eigenvalue weighted by atomic mass is 10.1. The number of methoxy groups -OCH3 is 1. The van der Waals surface area contributed by atoms with Crippen molar-refractivity contribution in [3.63, 3.8) is 0 Å². The Bertz CT molecular complexity index is 493. The number of nitrogens with one attached hydrogen (secondary N) is 1. The molecular weight excluding hydrogens is 259 g/mol. The highest BCUT2D eigenvalue weighted by Crippen LogP contribution is 2.28. The van der Waals surface area contributed by atoms with E-state index in [1.807, 2.05) is 0 Å². The minimum atomic E-state index is -0.412. The van der Waals surface area contributed by atoms with Gasteiger partial charge in [0.25, 0.3) is 0 Å². The molecule has 0 aromatic heterocycles. The van der Waals surface area contributed by atoms with Crippen LogP contribution in [0.5, 0.6) is 5.75 Å². The van der Waals surface area contributed by atoms with Crippen molar-refractivity contribution >= 4 is 5.91 Å². The lowest BCUT2D eigenvalue weighted by molar-refractivity contribution is -0.128. The summed E-state index contributed by atoms with van der Waals surface area (Å²) in [5.74, 6) is -0.132. The summed E-state index contributed by atoms with van der Waals surface area (Å²) in [7, 11) is 3.18. The number of carbonyl (C=O) groups is 1. The van der Waals surface area contributed by atoms with E-state index in [2.05, 4.69) is 12.2 Å². The maximum absolute atomic E-state index is 13.8. The first-order valence-corrected chi connectivity index (χ1v) is 6.94. The second-order valence-electron chi connectivity index (χ2n) is 5.11. The standard InChI is InChI=1S/C15H21FN2O2/c1-4-5-6-12-15(19)18(2)14(17-12)10-7-8-13(20-3)11(16)9-10/h7-9,12,14,17H,4-6H2,1-3H3. The Hall–Kier alpha value is -1.62. The molecule has 0 saturated carbocycles. The number of likely N-dealkylation sites (N-methyl/N-ethyl adjacent to an activating group) is 1. The van der Waals surface area contributed by atoms with Crippen LogP contribution in [0.3, 0.4) is 0 Å². The molecule has 2 atom stereocenters. The number of ether oxygens (including phenoxy) is 1. The summed E-state index contributed by atoms with van der Waals surface area (Å²) in [4.78, 5) is 13.8. The van der Waals surface area contributed by atoms with Gasteiger partial charge in [0.15, 0.2) is 11.6 Å². The maximum atomic E-state index is 13.8. The Kier molecular flexibility index (Phi) is 4.60. The van der Waals surface area contributed by atoms with Gasteiger partial charge in [-0.1, -0.05) is 25.8 Å². The number of hydrogen-bond acceptors (Lipinski definition) is 3. The molecule has 5 heteroatoms. The summed E-state index contributed by atoms with van der Waals surface area (Å²) in [5, 5.41) is 3.28. The second-order valence-corrected chi connectivity index (χ2v) is 5.11. The summed E-state index contributed by atoms with van der Waals surface area (Å²) in [5.41, 5.74) is 0.734. The van der Waals surface area contributed by atoms with Gasteiger partial charge in [-0.25, -0.2) is 4.39 Å². The van der Waals surface area contributed by atoms with Crippen molar-refractivity contribution < 1.29 is 13.9 Å². The Balaban J connectivity index is 2.16. The van der Waals surface area contributed by atoms with Crippen LogP contribution in [0.1, 0.15) is 37.9 Å². The molecule has 0 bridgehead atoms.